The molecule has 5 heterocycles. The van der Waals surface area contributed by atoms with Gasteiger partial charge in [0, 0.05) is 133 Å². The molecule has 37 heteroatoms. The van der Waals surface area contributed by atoms with E-state index in [1.165, 1.54) is 12.5 Å². The number of fused-ring (bicyclic) bond motifs is 1. The molecular weight excluding hydrogens is 1400 g/mol. The normalized spacial score (nSPS) is 21.7. The van der Waals surface area contributed by atoms with E-state index in [1.54, 1.807) is 57.3 Å². The fourth-order valence-electron chi connectivity index (χ4n) is 13.1. The summed E-state index contributed by atoms with van der Waals surface area (Å²) >= 11 is 0. The topological polar surface area (TPSA) is 542 Å². The number of imidazole rings is 1. The fourth-order valence-corrected chi connectivity index (χ4v) is 13.1. The molecule has 3 saturated heterocycles. The zero-order chi connectivity index (χ0) is 78.1. The largest absolute Gasteiger partial charge is 0.480 e. The maximum Gasteiger partial charge on any atom is 0.317 e. The van der Waals surface area contributed by atoms with E-state index in [0.717, 1.165) is 10.9 Å². The summed E-state index contributed by atoms with van der Waals surface area (Å²) in [5, 5.41) is 54.6. The van der Waals surface area contributed by atoms with Gasteiger partial charge in [-0.1, -0.05) is 68.3 Å². The van der Waals surface area contributed by atoms with Crippen molar-refractivity contribution in [2.45, 2.75) is 145 Å². The minimum atomic E-state index is -1.71. The minimum absolute atomic E-state index is 0.0139. The summed E-state index contributed by atoms with van der Waals surface area (Å²) in [6.07, 6.45) is 5.68. The third kappa shape index (κ3) is 29.6. The highest BCUT2D eigenvalue weighted by Crippen LogP contribution is 2.21. The van der Waals surface area contributed by atoms with Gasteiger partial charge in [0.15, 0.2) is 5.96 Å². The number of carbonyl (C=O) groups excluding carboxylic acids is 10. The number of nitrogens with zero attached hydrogens (tertiary/aromatic N) is 7. The lowest BCUT2D eigenvalue weighted by Gasteiger charge is -2.34. The van der Waals surface area contributed by atoms with Gasteiger partial charge in [0.25, 0.3) is 0 Å². The van der Waals surface area contributed by atoms with Crippen LogP contribution in [0.2, 0.25) is 0 Å². The number of rotatable bonds is 28. The molecule has 0 saturated carbocycles. The number of amides is 10. The number of aliphatic carboxylic acids is 3. The van der Waals surface area contributed by atoms with E-state index < -0.39 is 120 Å². The third-order valence-corrected chi connectivity index (χ3v) is 19.0. The first kappa shape index (κ1) is 84.6. The Morgan fingerprint density at radius 2 is 1.12 bits per heavy atom. The maximum atomic E-state index is 15.0. The Morgan fingerprint density at radius 3 is 1.70 bits per heavy atom. The van der Waals surface area contributed by atoms with Crippen LogP contribution in [0.25, 0.3) is 10.9 Å². The van der Waals surface area contributed by atoms with Crippen LogP contribution in [0.5, 0.6) is 0 Å². The molecule has 0 radical (unpaired) electrons. The molecule has 0 unspecified atom stereocenters. The van der Waals surface area contributed by atoms with Crippen LogP contribution in [0.15, 0.2) is 78.3 Å². The number of guanidine groups is 1. The van der Waals surface area contributed by atoms with E-state index in [1.807, 2.05) is 34.9 Å². The molecule has 2 aromatic carbocycles. The maximum absolute atomic E-state index is 15.0. The predicted octanol–water partition coefficient (Wildman–Crippen LogP) is -4.21. The predicted molar refractivity (Wildman–Crippen MR) is 394 cm³/mol. The van der Waals surface area contributed by atoms with Crippen molar-refractivity contribution in [1.82, 2.24) is 87.3 Å². The van der Waals surface area contributed by atoms with Crippen molar-refractivity contribution in [3.05, 3.63) is 90.1 Å². The molecule has 0 bridgehead atoms. The third-order valence-electron chi connectivity index (χ3n) is 19.0. The van der Waals surface area contributed by atoms with Crippen LogP contribution < -0.4 is 65.1 Å². The Kier molecular flexibility index (Phi) is 34.4. The number of aromatic amines is 2. The van der Waals surface area contributed by atoms with Crippen LogP contribution in [-0.2, 0) is 81.6 Å². The summed E-state index contributed by atoms with van der Waals surface area (Å²) in [6, 6.07) is 5.58. The SMILES string of the molecule is CCCC[C@H](NC(=O)CN1CCC(NC(=O)CN2CCN(CC(=O)O)CCN(CC(=O)O)CCN(CC(=O)O)CC2)CC1)C(=O)N[C@H]1CC(=O)NCCCC[C@@H](C(N)=O)NC(=O)[C@H](Cc2c[nH]c3ccccc23)NC(=O)[C@H](CCCN=C(N)N)NC(=O)[C@@H](Cc2ccccc2)NC(=O)[C@H](Cc2cnc[nH]2)NC1=O. The monoisotopic (exact) mass is 1510 g/mol. The number of nitrogens with two attached hydrogens (primary N) is 3. The number of piperidine rings is 1. The van der Waals surface area contributed by atoms with E-state index in [2.05, 4.69) is 67.8 Å². The van der Waals surface area contributed by atoms with Crippen LogP contribution in [0, 0.1) is 0 Å². The number of benzene rings is 2. The number of unbranched alkanes of at least 4 members (excludes halogenated alkanes) is 1. The van der Waals surface area contributed by atoms with E-state index in [-0.39, 0.29) is 174 Å². The van der Waals surface area contributed by atoms with E-state index in [4.69, 9.17) is 17.2 Å². The number of aliphatic imine (C=N–C) groups is 1. The summed E-state index contributed by atoms with van der Waals surface area (Å²) in [6.45, 7) is 3.22. The number of hydrogen-bond acceptors (Lipinski definition) is 20. The smallest absolute Gasteiger partial charge is 0.317 e. The van der Waals surface area contributed by atoms with Gasteiger partial charge in [-0.15, -0.1) is 0 Å². The zero-order valence-electron chi connectivity index (χ0n) is 61.0. The van der Waals surface area contributed by atoms with E-state index >= 15 is 4.79 Å². The molecule has 37 nitrogen and oxygen atoms in total. The number of H-pyrrole nitrogens is 2. The molecule has 590 valence electrons. The molecule has 10 amide bonds. The van der Waals surface area contributed by atoms with Crippen LogP contribution in [-0.4, -0.2) is 297 Å². The molecule has 0 aliphatic carbocycles. The lowest BCUT2D eigenvalue weighted by atomic mass is 10.0. The summed E-state index contributed by atoms with van der Waals surface area (Å²) < 4.78 is 0. The molecule has 7 atom stereocenters. The van der Waals surface area contributed by atoms with Crippen molar-refractivity contribution in [3.8, 4) is 0 Å². The fraction of sp³-hybridized carbons (Fsp3) is 0.563. The Hall–Kier alpha value is -10.6. The molecule has 3 aliphatic heterocycles. The number of para-hydroxylation sites is 1. The molecule has 4 aromatic rings. The Bertz CT molecular complexity index is 3670. The summed E-state index contributed by atoms with van der Waals surface area (Å²) in [5.74, 6) is -11.2. The van der Waals surface area contributed by atoms with Gasteiger partial charge in [0.1, 0.15) is 42.3 Å². The van der Waals surface area contributed by atoms with Crippen LogP contribution in [0.4, 0.5) is 0 Å². The highest BCUT2D eigenvalue weighted by molar-refractivity contribution is 5.99. The number of carbonyl (C=O) groups is 13. The minimum Gasteiger partial charge on any atom is -0.480 e. The summed E-state index contributed by atoms with van der Waals surface area (Å²) in [7, 11) is 0. The Labute approximate surface area is 625 Å². The molecule has 3 aliphatic rings. The highest BCUT2D eigenvalue weighted by Gasteiger charge is 2.37. The van der Waals surface area contributed by atoms with Crippen molar-refractivity contribution >= 4 is 93.8 Å². The molecule has 3 fully saturated rings. The van der Waals surface area contributed by atoms with Gasteiger partial charge in [-0.05, 0) is 68.6 Å². The Morgan fingerprint density at radius 1 is 0.583 bits per heavy atom. The Balaban J connectivity index is 1.07. The quantitative estimate of drug-likeness (QED) is 0.0146. The number of aromatic nitrogens is 3. The van der Waals surface area contributed by atoms with Crippen molar-refractivity contribution in [3.63, 3.8) is 0 Å². The molecule has 20 N–H and O–H groups in total. The first-order chi connectivity index (χ1) is 51.8. The van der Waals surface area contributed by atoms with Gasteiger partial charge in [0.2, 0.25) is 59.1 Å². The lowest BCUT2D eigenvalue weighted by Crippen LogP contribution is -2.61. The first-order valence-corrected chi connectivity index (χ1v) is 36.6. The zero-order valence-corrected chi connectivity index (χ0v) is 61.0. The average molecular weight is 1510 g/mol. The van der Waals surface area contributed by atoms with E-state index in [9.17, 15) is 72.9 Å². The number of nitrogens with one attached hydrogen (secondary N) is 11. The summed E-state index contributed by atoms with van der Waals surface area (Å²) in [4.78, 5) is 202. The molecule has 0 spiro atoms. The highest BCUT2D eigenvalue weighted by atomic mass is 16.4. The standard InChI is InChI=1S/C71H105N21O16/c1-2-3-15-52(81-60(95)40-88-23-19-47(20-24-88)80-59(94)39-89-25-27-90(41-61(96)97)29-31-92(43-63(100)101)32-30-91(28-26-89)42-62(98)99)65(103)87-57-36-58(93)76-21-10-9-17-51(64(72)102)82-68(106)55(34-46-37-78-50-16-8-7-14-49(46)50)85-66(104)53(18-11-22-77-71(73)74)83-67(105)54(33-45-12-5-4-6-13-45)84-69(107)56(86-70(57)108)35-48-38-75-44-79-48/h4-8,12-14,16,37-38,44,47,51-57,78H,2-3,9-11,15,17-36,39-43H2,1H3,(H2,72,102)(H,75,79)(H,76,93)(H,80,94)(H,81,95)(H,82,106)(H,83,105)(H,84,107)(H,85,104)(H,86,108)(H,87,103)(H,96,97)(H,98,99)(H,100,101)(H4,73,74,77)/t51-,52-,53-,54+,55-,56-,57-/m0/s1. The number of likely N-dealkylation sites (tertiary alicyclic amines) is 1. The van der Waals surface area contributed by atoms with Crippen molar-refractivity contribution in [1.29, 1.82) is 0 Å². The number of carboxylic acids is 3. The second kappa shape index (κ2) is 43.9. The number of carboxylic acid groups (broad SMARTS) is 3. The van der Waals surface area contributed by atoms with Gasteiger partial charge in [-0.2, -0.15) is 0 Å². The second-order valence-corrected chi connectivity index (χ2v) is 27.5. The van der Waals surface area contributed by atoms with Crippen molar-refractivity contribution < 1.29 is 77.6 Å². The van der Waals surface area contributed by atoms with Gasteiger partial charge in [0.05, 0.1) is 45.5 Å². The molecular formula is C71H105N21O16. The lowest BCUT2D eigenvalue weighted by molar-refractivity contribution is -0.140. The number of primary amides is 1. The van der Waals surface area contributed by atoms with Gasteiger partial charge in [-0.3, -0.25) is 91.8 Å². The molecule has 2 aromatic heterocycles. The first-order valence-electron chi connectivity index (χ1n) is 36.6. The van der Waals surface area contributed by atoms with Gasteiger partial charge < -0.3 is 90.3 Å². The van der Waals surface area contributed by atoms with Gasteiger partial charge in [-0.25, -0.2) is 4.98 Å². The van der Waals surface area contributed by atoms with Crippen molar-refractivity contribution in [2.24, 2.45) is 22.2 Å². The average Bonchev–Trinajstić information content (AvgIpc) is 1.66. The van der Waals surface area contributed by atoms with Crippen LogP contribution >= 0.6 is 0 Å². The van der Waals surface area contributed by atoms with Crippen LogP contribution in [0.1, 0.15) is 94.4 Å². The van der Waals surface area contributed by atoms with Crippen LogP contribution in [0.3, 0.4) is 0 Å². The van der Waals surface area contributed by atoms with Gasteiger partial charge >= 0.3 is 17.9 Å². The van der Waals surface area contributed by atoms with E-state index in [0.29, 0.717) is 55.6 Å². The number of hydrogen-bond donors (Lipinski definition) is 17. The second-order valence-electron chi connectivity index (χ2n) is 27.5. The summed E-state index contributed by atoms with van der Waals surface area (Å²) in [5.41, 5.74) is 19.5. The molecule has 108 heavy (non-hydrogen) atoms. The molecule has 7 rings (SSSR count). The van der Waals surface area contributed by atoms with Crippen molar-refractivity contribution in [2.75, 3.05) is 111 Å².